The van der Waals surface area contributed by atoms with Crippen LogP contribution in [0.2, 0.25) is 0 Å². The molecular formula is C12H19N5O. The number of fused-ring (bicyclic) bond motifs is 1. The fourth-order valence-electron chi connectivity index (χ4n) is 3.21. The highest BCUT2D eigenvalue weighted by Crippen LogP contribution is 2.35. The topological polar surface area (TPSA) is 87.9 Å². The Balaban J connectivity index is 1.70. The number of aryl methyl sites for hydroxylation is 1. The van der Waals surface area contributed by atoms with Crippen LogP contribution in [0, 0.1) is 18.8 Å². The molecule has 1 aliphatic heterocycles. The van der Waals surface area contributed by atoms with Gasteiger partial charge in [-0.25, -0.2) is 4.98 Å². The second-order valence-electron chi connectivity index (χ2n) is 5.55. The smallest absolute Gasteiger partial charge is 0.293 e. The summed E-state index contributed by atoms with van der Waals surface area (Å²) < 4.78 is 0. The normalized spacial score (nSPS) is 31.4. The minimum Gasteiger partial charge on any atom is -0.335 e. The summed E-state index contributed by atoms with van der Waals surface area (Å²) in [6.07, 6.45) is 3.27. The minimum absolute atomic E-state index is 0.0534. The first kappa shape index (κ1) is 11.6. The number of amides is 1. The fourth-order valence-corrected chi connectivity index (χ4v) is 3.21. The van der Waals surface area contributed by atoms with Crippen molar-refractivity contribution < 1.29 is 4.79 Å². The zero-order chi connectivity index (χ0) is 12.7. The predicted octanol–water partition coefficient (Wildman–Crippen LogP) is 0.313. The molecule has 98 valence electrons. The third-order valence-electron chi connectivity index (χ3n) is 4.17. The Labute approximate surface area is 106 Å². The number of H-pyrrole nitrogens is 1. The average Bonchev–Trinajstić information content (AvgIpc) is 2.93. The van der Waals surface area contributed by atoms with Crippen LogP contribution in [0.5, 0.6) is 0 Å². The van der Waals surface area contributed by atoms with Crippen molar-refractivity contribution in [3.05, 3.63) is 11.6 Å². The number of hydrogen-bond donors (Lipinski definition) is 2. The molecule has 2 aliphatic rings. The Morgan fingerprint density at radius 3 is 2.89 bits per heavy atom. The number of likely N-dealkylation sites (tertiary alicyclic amines) is 1. The van der Waals surface area contributed by atoms with E-state index < -0.39 is 0 Å². The van der Waals surface area contributed by atoms with Crippen molar-refractivity contribution >= 4 is 5.91 Å². The van der Waals surface area contributed by atoms with E-state index in [0.717, 1.165) is 32.4 Å². The summed E-state index contributed by atoms with van der Waals surface area (Å²) >= 11 is 0. The first-order chi connectivity index (χ1) is 8.63. The molecule has 2 heterocycles. The van der Waals surface area contributed by atoms with Crippen LogP contribution in [0.15, 0.2) is 0 Å². The lowest BCUT2D eigenvalue weighted by Crippen LogP contribution is -2.32. The van der Waals surface area contributed by atoms with Crippen LogP contribution in [0.4, 0.5) is 0 Å². The van der Waals surface area contributed by atoms with E-state index in [1.54, 1.807) is 6.92 Å². The van der Waals surface area contributed by atoms with E-state index in [-0.39, 0.29) is 11.7 Å². The van der Waals surface area contributed by atoms with Gasteiger partial charge in [0, 0.05) is 19.1 Å². The van der Waals surface area contributed by atoms with Gasteiger partial charge in [-0.2, -0.15) is 0 Å². The van der Waals surface area contributed by atoms with Gasteiger partial charge in [-0.3, -0.25) is 9.89 Å². The monoisotopic (exact) mass is 249 g/mol. The van der Waals surface area contributed by atoms with E-state index in [2.05, 4.69) is 15.2 Å². The Morgan fingerprint density at radius 1 is 1.39 bits per heavy atom. The van der Waals surface area contributed by atoms with E-state index >= 15 is 0 Å². The van der Waals surface area contributed by atoms with E-state index in [1.807, 2.05) is 4.90 Å². The Hall–Kier alpha value is -1.43. The quantitative estimate of drug-likeness (QED) is 0.750. The molecule has 1 aliphatic carbocycles. The fraction of sp³-hybridized carbons (Fsp3) is 0.750. The number of aromatic nitrogens is 3. The summed E-state index contributed by atoms with van der Waals surface area (Å²) in [5, 5.41) is 6.65. The summed E-state index contributed by atoms with van der Waals surface area (Å²) in [6.45, 7) is 3.45. The molecule has 2 fully saturated rings. The maximum absolute atomic E-state index is 12.2. The number of aromatic amines is 1. The van der Waals surface area contributed by atoms with Gasteiger partial charge < -0.3 is 10.6 Å². The molecule has 18 heavy (non-hydrogen) atoms. The van der Waals surface area contributed by atoms with Crippen LogP contribution in [-0.2, 0) is 0 Å². The van der Waals surface area contributed by atoms with Crippen LogP contribution in [0.1, 0.15) is 35.7 Å². The first-order valence-electron chi connectivity index (χ1n) is 6.57. The van der Waals surface area contributed by atoms with Gasteiger partial charge in [-0.1, -0.05) is 0 Å². The molecule has 1 saturated heterocycles. The molecule has 3 rings (SSSR count). The van der Waals surface area contributed by atoms with Gasteiger partial charge in [0.1, 0.15) is 5.82 Å². The van der Waals surface area contributed by atoms with E-state index in [9.17, 15) is 4.79 Å². The molecule has 0 bridgehead atoms. The lowest BCUT2D eigenvalue weighted by atomic mass is 9.79. The summed E-state index contributed by atoms with van der Waals surface area (Å²) in [5.74, 6) is 2.10. The van der Waals surface area contributed by atoms with Gasteiger partial charge in [0.05, 0.1) is 0 Å². The molecule has 1 aromatic heterocycles. The molecule has 1 aromatic rings. The number of hydrogen-bond acceptors (Lipinski definition) is 4. The van der Waals surface area contributed by atoms with Crippen molar-refractivity contribution in [2.45, 2.75) is 32.2 Å². The third kappa shape index (κ3) is 2.01. The van der Waals surface area contributed by atoms with E-state index in [0.29, 0.717) is 23.7 Å². The maximum Gasteiger partial charge on any atom is 0.293 e. The van der Waals surface area contributed by atoms with Crippen molar-refractivity contribution in [2.24, 2.45) is 17.6 Å². The zero-order valence-corrected chi connectivity index (χ0v) is 10.6. The van der Waals surface area contributed by atoms with Crippen molar-refractivity contribution in [3.63, 3.8) is 0 Å². The molecule has 0 radical (unpaired) electrons. The summed E-state index contributed by atoms with van der Waals surface area (Å²) in [4.78, 5) is 18.2. The molecule has 6 heteroatoms. The summed E-state index contributed by atoms with van der Waals surface area (Å²) in [6, 6.07) is 0.312. The Bertz CT molecular complexity index is 457. The first-order valence-corrected chi connectivity index (χ1v) is 6.57. The van der Waals surface area contributed by atoms with Gasteiger partial charge in [0.15, 0.2) is 0 Å². The summed E-state index contributed by atoms with van der Waals surface area (Å²) in [5.41, 5.74) is 5.99. The highest BCUT2D eigenvalue weighted by atomic mass is 16.2. The lowest BCUT2D eigenvalue weighted by molar-refractivity contribution is 0.0772. The van der Waals surface area contributed by atoms with Crippen LogP contribution in [0.3, 0.4) is 0 Å². The van der Waals surface area contributed by atoms with Gasteiger partial charge in [-0.05, 0) is 38.0 Å². The largest absolute Gasteiger partial charge is 0.335 e. The predicted molar refractivity (Wildman–Crippen MR) is 65.8 cm³/mol. The van der Waals surface area contributed by atoms with E-state index in [1.165, 1.54) is 0 Å². The lowest BCUT2D eigenvalue weighted by Gasteiger charge is -2.27. The molecular weight excluding hydrogens is 230 g/mol. The Kier molecular flexibility index (Phi) is 2.81. The third-order valence-corrected chi connectivity index (χ3v) is 4.17. The minimum atomic E-state index is -0.0534. The van der Waals surface area contributed by atoms with Crippen molar-refractivity contribution in [3.8, 4) is 0 Å². The molecule has 0 aromatic carbocycles. The molecule has 0 spiro atoms. The number of rotatable bonds is 1. The van der Waals surface area contributed by atoms with Crippen molar-refractivity contribution in [1.29, 1.82) is 0 Å². The second-order valence-corrected chi connectivity index (χ2v) is 5.55. The highest BCUT2D eigenvalue weighted by Gasteiger charge is 2.39. The molecule has 1 unspecified atom stereocenters. The van der Waals surface area contributed by atoms with E-state index in [4.69, 9.17) is 5.73 Å². The Morgan fingerprint density at radius 2 is 2.17 bits per heavy atom. The highest BCUT2D eigenvalue weighted by molar-refractivity contribution is 5.90. The van der Waals surface area contributed by atoms with Crippen LogP contribution >= 0.6 is 0 Å². The van der Waals surface area contributed by atoms with Crippen LogP contribution in [0.25, 0.3) is 0 Å². The maximum atomic E-state index is 12.2. The van der Waals surface area contributed by atoms with Crippen LogP contribution in [-0.4, -0.2) is 45.1 Å². The average molecular weight is 249 g/mol. The number of nitrogens with zero attached hydrogens (tertiary/aromatic N) is 3. The van der Waals surface area contributed by atoms with Crippen LogP contribution < -0.4 is 5.73 Å². The SMILES string of the molecule is Cc1nc(C(=O)N2C[C@H]3CCC(N)C[C@H]3C2)n[nH]1. The number of carbonyl (C=O) groups excluding carboxylic acids is 1. The van der Waals surface area contributed by atoms with Gasteiger partial charge in [0.2, 0.25) is 5.82 Å². The standard InChI is InChI=1S/C12H19N5O/c1-7-14-11(16-15-7)12(18)17-5-8-2-3-10(13)4-9(8)6-17/h8-10H,2-6,13H2,1H3,(H,14,15,16)/t8-,9+,10?/m1/s1. The van der Waals surface area contributed by atoms with Crippen molar-refractivity contribution in [1.82, 2.24) is 20.1 Å². The van der Waals surface area contributed by atoms with Gasteiger partial charge in [-0.15, -0.1) is 5.10 Å². The molecule has 1 amide bonds. The molecule has 3 atom stereocenters. The molecule has 1 saturated carbocycles. The van der Waals surface area contributed by atoms with Gasteiger partial charge in [0.25, 0.3) is 5.91 Å². The van der Waals surface area contributed by atoms with Gasteiger partial charge >= 0.3 is 0 Å². The molecule has 3 N–H and O–H groups in total. The zero-order valence-electron chi connectivity index (χ0n) is 10.6. The molecule has 6 nitrogen and oxygen atoms in total. The number of nitrogens with two attached hydrogens (primary N) is 1. The number of nitrogens with one attached hydrogen (secondary N) is 1. The summed E-state index contributed by atoms with van der Waals surface area (Å²) in [7, 11) is 0. The second kappa shape index (κ2) is 4.35. The van der Waals surface area contributed by atoms with Crippen molar-refractivity contribution in [2.75, 3.05) is 13.1 Å². The number of carbonyl (C=O) groups is 1.